The molecule has 29 N–H and O–H groups in total. The highest BCUT2D eigenvalue weighted by atomic mass is 16.4. The molecule has 7 atom stereocenters. The molecule has 4 rings (SSSR count). The first-order chi connectivity index (χ1) is 39.2. The number of nitrogens with two attached hydrogens (primary N) is 10. The number of rotatable bonds is 37. The van der Waals surface area contributed by atoms with Gasteiger partial charge in [0.25, 0.3) is 0 Å². The Kier molecular flexibility index (Phi) is 27.1. The van der Waals surface area contributed by atoms with Gasteiger partial charge in [-0.1, -0.05) is 36.4 Å². The van der Waals surface area contributed by atoms with Gasteiger partial charge >= 0.3 is 5.97 Å². The molecule has 0 spiro atoms. The summed E-state index contributed by atoms with van der Waals surface area (Å²) in [5, 5.41) is 27.8. The van der Waals surface area contributed by atoms with Gasteiger partial charge < -0.3 is 104 Å². The SMILES string of the molecule is NCCCC[C@H](NC(=O)[C@H](CCCN=C(N)N)NC(=O)[C@H](CCCN=C(N)N)NC(=O)[C@H](Cc1c[nH]c2ccccc12)NC(=O)[C@H](Cc1c[nH]c2ccccc12)NC(=O)[C@H](CCCN=C(N)N)NC(=O)[C@@H](N)CCCN=C(N)N)C(=O)O. The minimum atomic E-state index is -1.46. The molecular weight excluding hydrogens is 1060 g/mol. The van der Waals surface area contributed by atoms with E-state index in [9.17, 15) is 29.1 Å². The third-order valence-corrected chi connectivity index (χ3v) is 13.1. The van der Waals surface area contributed by atoms with E-state index in [0.29, 0.717) is 36.9 Å². The largest absolute Gasteiger partial charge is 0.480 e. The molecule has 0 aliphatic carbocycles. The van der Waals surface area contributed by atoms with Crippen molar-refractivity contribution < 1.29 is 38.7 Å². The summed E-state index contributed by atoms with van der Waals surface area (Å²) in [6, 6.07) is 5.24. The summed E-state index contributed by atoms with van der Waals surface area (Å²) in [7, 11) is 0. The molecule has 0 unspecified atom stereocenters. The van der Waals surface area contributed by atoms with Crippen molar-refractivity contribution in [1.82, 2.24) is 41.9 Å². The number of aliphatic carboxylic acids is 1. The molecule has 0 aliphatic heterocycles. The van der Waals surface area contributed by atoms with Crippen LogP contribution in [0.15, 0.2) is 80.9 Å². The summed E-state index contributed by atoms with van der Waals surface area (Å²) in [4.78, 5) is 121. The number of hydrogen-bond donors (Lipinski definition) is 19. The number of carbonyl (C=O) groups is 7. The lowest BCUT2D eigenvalue weighted by atomic mass is 10.00. The van der Waals surface area contributed by atoms with Crippen LogP contribution in [0.5, 0.6) is 0 Å². The van der Waals surface area contributed by atoms with Crippen molar-refractivity contribution in [3.63, 3.8) is 0 Å². The standard InChI is InChI=1S/C52H82N22O8/c53-20-6-5-16-39(48(81)82)72-44(77)38(19-10-24-66-52(61)62)70-43(76)37(18-9-23-65-51(59)60)71-46(79)40(25-29-27-67-34-14-3-1-11-31(29)34)74-47(80)41(26-30-28-68-35-15-4-2-12-32(30)35)73-45(78)36(17-8-22-64-50(57)58)69-42(75)33(54)13-7-21-63-49(55)56/h1-4,11-12,14-15,27-28,33,36-41,67-68H,5-10,13,16-26,53-54H2,(H,69,75)(H,70,76)(H,71,79)(H,72,77)(H,73,78)(H,74,80)(H,81,82)(H4,55,56,63)(H4,57,58,64)(H4,59,60,65)(H4,61,62,66)/t33-,36-,37-,38-,39-,40-,41-/m0/s1. The number of unbranched alkanes of at least 4 members (excludes halogenated alkanes) is 1. The van der Waals surface area contributed by atoms with E-state index in [1.807, 2.05) is 36.4 Å². The first kappa shape index (κ1) is 65.3. The van der Waals surface area contributed by atoms with Gasteiger partial charge in [0, 0.05) is 73.2 Å². The zero-order valence-corrected chi connectivity index (χ0v) is 45.9. The molecule has 2 aromatic carbocycles. The van der Waals surface area contributed by atoms with Crippen LogP contribution in [0.1, 0.15) is 81.8 Å². The number of aromatic nitrogens is 2. The maximum atomic E-state index is 15.1. The summed E-state index contributed by atoms with van der Waals surface area (Å²) in [5.74, 6) is -6.84. The molecule has 2 heterocycles. The minimum absolute atomic E-state index is 0.00243. The number of carboxylic acids is 1. The number of guanidine groups is 4. The van der Waals surface area contributed by atoms with Crippen LogP contribution in [0.4, 0.5) is 0 Å². The molecule has 4 aromatic rings. The van der Waals surface area contributed by atoms with Crippen molar-refractivity contribution >= 4 is 87.1 Å². The molecule has 0 aliphatic rings. The Labute approximate surface area is 474 Å². The highest BCUT2D eigenvalue weighted by Crippen LogP contribution is 2.22. The van der Waals surface area contributed by atoms with E-state index >= 15 is 9.59 Å². The fourth-order valence-electron chi connectivity index (χ4n) is 8.82. The maximum Gasteiger partial charge on any atom is 0.326 e. The summed E-state index contributed by atoms with van der Waals surface area (Å²) < 4.78 is 0. The number of hydrogen-bond acceptors (Lipinski definition) is 13. The Bertz CT molecular complexity index is 2870. The number of carboxylic acid groups (broad SMARTS) is 1. The molecule has 2 aromatic heterocycles. The molecule has 0 saturated carbocycles. The average molecular weight is 1140 g/mol. The highest BCUT2D eigenvalue weighted by molar-refractivity contribution is 5.98. The first-order valence-electron chi connectivity index (χ1n) is 27.0. The zero-order valence-electron chi connectivity index (χ0n) is 45.9. The Morgan fingerprint density at radius 1 is 0.427 bits per heavy atom. The van der Waals surface area contributed by atoms with Crippen LogP contribution in [0.3, 0.4) is 0 Å². The van der Waals surface area contributed by atoms with Gasteiger partial charge in [0.15, 0.2) is 23.8 Å². The molecule has 448 valence electrons. The van der Waals surface area contributed by atoms with Gasteiger partial charge in [-0.25, -0.2) is 4.79 Å². The normalized spacial score (nSPS) is 13.6. The molecule has 30 heteroatoms. The smallest absolute Gasteiger partial charge is 0.326 e. The van der Waals surface area contributed by atoms with E-state index in [-0.39, 0.29) is 114 Å². The Balaban J connectivity index is 1.75. The third-order valence-electron chi connectivity index (χ3n) is 13.1. The molecule has 0 radical (unpaired) electrons. The van der Waals surface area contributed by atoms with Gasteiger partial charge in [0.2, 0.25) is 35.4 Å². The number of aromatic amines is 2. The van der Waals surface area contributed by atoms with Gasteiger partial charge in [-0.3, -0.25) is 48.7 Å². The number of amides is 6. The molecule has 30 nitrogen and oxygen atoms in total. The summed E-state index contributed by atoms with van der Waals surface area (Å²) in [6.45, 7) is 0.693. The number of H-pyrrole nitrogens is 2. The van der Waals surface area contributed by atoms with Crippen LogP contribution < -0.4 is 89.2 Å². The van der Waals surface area contributed by atoms with E-state index in [4.69, 9.17) is 57.3 Å². The third kappa shape index (κ3) is 22.5. The minimum Gasteiger partial charge on any atom is -0.480 e. The van der Waals surface area contributed by atoms with Gasteiger partial charge in [-0.15, -0.1) is 0 Å². The Morgan fingerprint density at radius 2 is 0.744 bits per heavy atom. The van der Waals surface area contributed by atoms with Crippen LogP contribution in [0, 0.1) is 0 Å². The second-order valence-corrected chi connectivity index (χ2v) is 19.5. The molecule has 6 amide bonds. The Hall–Kier alpha value is -9.19. The van der Waals surface area contributed by atoms with Crippen molar-refractivity contribution in [3.05, 3.63) is 72.1 Å². The van der Waals surface area contributed by atoms with Crippen molar-refractivity contribution in [3.8, 4) is 0 Å². The lowest BCUT2D eigenvalue weighted by Gasteiger charge is -2.28. The van der Waals surface area contributed by atoms with E-state index < -0.39 is 83.7 Å². The summed E-state index contributed by atoms with van der Waals surface area (Å²) in [5.41, 5.74) is 58.8. The second kappa shape index (κ2) is 34.1. The quantitative estimate of drug-likeness (QED) is 0.0117. The van der Waals surface area contributed by atoms with Gasteiger partial charge in [-0.05, 0) is 100 Å². The number of para-hydroxylation sites is 2. The fourth-order valence-corrected chi connectivity index (χ4v) is 8.82. The average Bonchev–Trinajstić information content (AvgIpc) is 4.15. The molecule has 0 bridgehead atoms. The number of aliphatic imine (C=N–C) groups is 4. The molecular formula is C52H82N22O8. The maximum absolute atomic E-state index is 15.1. The van der Waals surface area contributed by atoms with Crippen molar-refractivity contribution in [2.75, 3.05) is 32.7 Å². The van der Waals surface area contributed by atoms with Crippen LogP contribution in [0.2, 0.25) is 0 Å². The fraction of sp³-hybridized carbons (Fsp3) is 0.481. The second-order valence-electron chi connectivity index (χ2n) is 19.5. The monoisotopic (exact) mass is 1140 g/mol. The predicted octanol–water partition coefficient (Wildman–Crippen LogP) is -3.90. The zero-order chi connectivity index (χ0) is 60.1. The lowest BCUT2D eigenvalue weighted by molar-refractivity contribution is -0.142. The van der Waals surface area contributed by atoms with Gasteiger partial charge in [-0.2, -0.15) is 0 Å². The number of carbonyl (C=O) groups excluding carboxylic acids is 6. The molecule has 0 fully saturated rings. The number of nitrogens with one attached hydrogen (secondary N) is 8. The van der Waals surface area contributed by atoms with E-state index in [2.05, 4.69) is 61.8 Å². The van der Waals surface area contributed by atoms with Crippen LogP contribution in [-0.4, -0.2) is 155 Å². The van der Waals surface area contributed by atoms with Gasteiger partial charge in [0.05, 0.1) is 6.04 Å². The van der Waals surface area contributed by atoms with E-state index in [1.54, 1.807) is 24.5 Å². The summed E-state index contributed by atoms with van der Waals surface area (Å²) in [6.07, 6.45) is 4.90. The van der Waals surface area contributed by atoms with Crippen LogP contribution in [0.25, 0.3) is 21.8 Å². The first-order valence-corrected chi connectivity index (χ1v) is 27.0. The number of fused-ring (bicyclic) bond motifs is 2. The Morgan fingerprint density at radius 3 is 1.11 bits per heavy atom. The van der Waals surface area contributed by atoms with Crippen molar-refractivity contribution in [2.45, 2.75) is 126 Å². The van der Waals surface area contributed by atoms with E-state index in [0.717, 1.165) is 21.8 Å². The number of nitrogens with zero attached hydrogens (tertiary/aromatic N) is 4. The van der Waals surface area contributed by atoms with Crippen LogP contribution >= 0.6 is 0 Å². The van der Waals surface area contributed by atoms with Crippen molar-refractivity contribution in [2.24, 2.45) is 77.3 Å². The van der Waals surface area contributed by atoms with Crippen molar-refractivity contribution in [1.29, 1.82) is 0 Å². The van der Waals surface area contributed by atoms with Gasteiger partial charge in [0.1, 0.15) is 36.3 Å². The summed E-state index contributed by atoms with van der Waals surface area (Å²) >= 11 is 0. The van der Waals surface area contributed by atoms with E-state index in [1.165, 1.54) is 0 Å². The molecule has 0 saturated heterocycles. The topological polar surface area (TPSA) is 553 Å². The highest BCUT2D eigenvalue weighted by Gasteiger charge is 2.35. The van der Waals surface area contributed by atoms with Crippen LogP contribution in [-0.2, 0) is 46.4 Å². The number of benzene rings is 2. The predicted molar refractivity (Wildman–Crippen MR) is 314 cm³/mol. The lowest BCUT2D eigenvalue weighted by Crippen LogP contribution is -2.60. The molecule has 82 heavy (non-hydrogen) atoms.